The first kappa shape index (κ1) is 16.1. The van der Waals surface area contributed by atoms with E-state index in [4.69, 9.17) is 13.9 Å². The van der Waals surface area contributed by atoms with Gasteiger partial charge in [0.25, 0.3) is 0 Å². The van der Waals surface area contributed by atoms with Crippen LogP contribution in [0, 0.1) is 11.8 Å². The number of nitrogens with zero attached hydrogens (tertiary/aromatic N) is 2. The van der Waals surface area contributed by atoms with Crippen molar-refractivity contribution in [1.82, 2.24) is 9.80 Å². The van der Waals surface area contributed by atoms with Crippen LogP contribution in [-0.4, -0.2) is 67.8 Å². The van der Waals surface area contributed by atoms with Crippen molar-refractivity contribution in [2.24, 2.45) is 11.8 Å². The lowest BCUT2D eigenvalue weighted by Crippen LogP contribution is -2.54. The second-order valence-electron chi connectivity index (χ2n) is 7.06. The fourth-order valence-corrected chi connectivity index (χ4v) is 4.29. The highest BCUT2D eigenvalue weighted by Gasteiger charge is 2.43. The number of morpholine rings is 1. The molecule has 0 saturated carbocycles. The Balaban J connectivity index is 1.43. The Morgan fingerprint density at radius 2 is 2.04 bits per heavy atom. The highest BCUT2D eigenvalue weighted by atomic mass is 16.5. The van der Waals surface area contributed by atoms with E-state index in [1.54, 1.807) is 12.5 Å². The average molecular weight is 334 g/mol. The second kappa shape index (κ2) is 7.25. The van der Waals surface area contributed by atoms with Crippen LogP contribution in [0.3, 0.4) is 0 Å². The molecular weight excluding hydrogens is 308 g/mol. The van der Waals surface area contributed by atoms with Crippen LogP contribution in [0.4, 0.5) is 0 Å². The lowest BCUT2D eigenvalue weighted by molar-refractivity contribution is -0.155. The van der Waals surface area contributed by atoms with Gasteiger partial charge < -0.3 is 18.8 Å². The molecule has 132 valence electrons. The molecule has 0 aliphatic carbocycles. The Kier molecular flexibility index (Phi) is 4.87. The number of piperidine rings is 1. The van der Waals surface area contributed by atoms with E-state index in [0.717, 1.165) is 45.6 Å². The van der Waals surface area contributed by atoms with Crippen molar-refractivity contribution < 1.29 is 18.7 Å². The van der Waals surface area contributed by atoms with Crippen LogP contribution in [0.15, 0.2) is 23.0 Å². The maximum atomic E-state index is 13.0. The molecule has 0 N–H and O–H groups in total. The number of rotatable bonds is 3. The Hall–Kier alpha value is -1.37. The minimum Gasteiger partial charge on any atom is -0.472 e. The van der Waals surface area contributed by atoms with Gasteiger partial charge in [0, 0.05) is 56.7 Å². The zero-order chi connectivity index (χ0) is 16.4. The highest BCUT2D eigenvalue weighted by molar-refractivity contribution is 5.79. The average Bonchev–Trinajstić information content (AvgIpc) is 3.14. The van der Waals surface area contributed by atoms with Crippen LogP contribution in [-0.2, 0) is 20.8 Å². The predicted molar refractivity (Wildman–Crippen MR) is 87.3 cm³/mol. The van der Waals surface area contributed by atoms with E-state index in [-0.39, 0.29) is 12.0 Å². The van der Waals surface area contributed by atoms with E-state index >= 15 is 0 Å². The molecule has 0 bridgehead atoms. The number of carbonyl (C=O) groups excluding carboxylic acids is 1. The standard InChI is InChI=1S/C18H26N2O4/c21-18(20-5-9-22-10-6-20)15-3-8-24-17-1-4-19(12-16(15)17)11-14-2-7-23-13-14/h2,7,13,15-17H,1,3-6,8-12H2/t15-,16-,17-/m1/s1. The van der Waals surface area contributed by atoms with Crippen molar-refractivity contribution in [3.63, 3.8) is 0 Å². The first-order chi connectivity index (χ1) is 11.8. The van der Waals surface area contributed by atoms with Gasteiger partial charge in [0.2, 0.25) is 5.91 Å². The van der Waals surface area contributed by atoms with Crippen LogP contribution >= 0.6 is 0 Å². The molecule has 4 rings (SSSR count). The highest BCUT2D eigenvalue weighted by Crippen LogP contribution is 2.35. The third-order valence-electron chi connectivity index (χ3n) is 5.58. The van der Waals surface area contributed by atoms with E-state index in [2.05, 4.69) is 4.90 Å². The lowest BCUT2D eigenvalue weighted by Gasteiger charge is -2.45. The quantitative estimate of drug-likeness (QED) is 0.836. The summed E-state index contributed by atoms with van der Waals surface area (Å²) in [5, 5.41) is 0. The second-order valence-corrected chi connectivity index (χ2v) is 7.06. The first-order valence-corrected chi connectivity index (χ1v) is 9.03. The van der Waals surface area contributed by atoms with Gasteiger partial charge in [-0.05, 0) is 18.9 Å². The normalized spacial score (nSPS) is 31.7. The van der Waals surface area contributed by atoms with Crippen LogP contribution in [0.1, 0.15) is 18.4 Å². The molecule has 3 fully saturated rings. The first-order valence-electron chi connectivity index (χ1n) is 9.03. The van der Waals surface area contributed by atoms with Gasteiger partial charge in [-0.15, -0.1) is 0 Å². The Morgan fingerprint density at radius 3 is 2.83 bits per heavy atom. The number of fused-ring (bicyclic) bond motifs is 1. The summed E-state index contributed by atoms with van der Waals surface area (Å²) in [5.74, 6) is 0.700. The van der Waals surface area contributed by atoms with Crippen LogP contribution in [0.5, 0.6) is 0 Å². The molecule has 1 aromatic heterocycles. The van der Waals surface area contributed by atoms with Gasteiger partial charge in [0.15, 0.2) is 0 Å². The summed E-state index contributed by atoms with van der Waals surface area (Å²) in [7, 11) is 0. The van der Waals surface area contributed by atoms with Crippen molar-refractivity contribution in [2.45, 2.75) is 25.5 Å². The molecule has 6 heteroatoms. The minimum absolute atomic E-state index is 0.0917. The summed E-state index contributed by atoms with van der Waals surface area (Å²) in [6, 6.07) is 2.01. The molecule has 0 spiro atoms. The summed E-state index contributed by atoms with van der Waals surface area (Å²) in [5.41, 5.74) is 1.20. The van der Waals surface area contributed by atoms with E-state index < -0.39 is 0 Å². The monoisotopic (exact) mass is 334 g/mol. The molecule has 3 saturated heterocycles. The predicted octanol–water partition coefficient (Wildman–Crippen LogP) is 1.37. The number of carbonyl (C=O) groups is 1. The Labute approximate surface area is 142 Å². The lowest BCUT2D eigenvalue weighted by atomic mass is 9.78. The molecule has 3 aliphatic rings. The SMILES string of the molecule is O=C([C@@H]1CCO[C@@H]2CCN(Cc3ccoc3)C[C@@H]21)N1CCOCC1. The smallest absolute Gasteiger partial charge is 0.226 e. The van der Waals surface area contributed by atoms with Gasteiger partial charge in [-0.2, -0.15) is 0 Å². The molecule has 1 aromatic rings. The number of ether oxygens (including phenoxy) is 2. The Morgan fingerprint density at radius 1 is 1.17 bits per heavy atom. The van der Waals surface area contributed by atoms with Crippen LogP contribution in [0.25, 0.3) is 0 Å². The molecule has 3 aliphatic heterocycles. The number of amides is 1. The van der Waals surface area contributed by atoms with Crippen molar-refractivity contribution in [1.29, 1.82) is 0 Å². The van der Waals surface area contributed by atoms with Crippen molar-refractivity contribution in [3.8, 4) is 0 Å². The summed E-state index contributed by atoms with van der Waals surface area (Å²) >= 11 is 0. The molecule has 6 nitrogen and oxygen atoms in total. The van der Waals surface area contributed by atoms with Gasteiger partial charge in [0.05, 0.1) is 31.8 Å². The van der Waals surface area contributed by atoms with Crippen molar-refractivity contribution in [3.05, 3.63) is 24.2 Å². The minimum atomic E-state index is 0.0917. The third kappa shape index (κ3) is 3.36. The van der Waals surface area contributed by atoms with E-state index in [1.165, 1.54) is 5.56 Å². The topological polar surface area (TPSA) is 55.2 Å². The molecule has 0 radical (unpaired) electrons. The zero-order valence-electron chi connectivity index (χ0n) is 14.1. The zero-order valence-corrected chi connectivity index (χ0v) is 14.1. The van der Waals surface area contributed by atoms with Gasteiger partial charge in [-0.3, -0.25) is 9.69 Å². The fraction of sp³-hybridized carbons (Fsp3) is 0.722. The number of furan rings is 1. The van der Waals surface area contributed by atoms with E-state index in [0.29, 0.717) is 31.6 Å². The maximum Gasteiger partial charge on any atom is 0.226 e. The Bertz CT molecular complexity index is 541. The third-order valence-corrected chi connectivity index (χ3v) is 5.58. The maximum absolute atomic E-state index is 13.0. The molecular formula is C18H26N2O4. The summed E-state index contributed by atoms with van der Waals surface area (Å²) in [6.45, 7) is 6.33. The van der Waals surface area contributed by atoms with Gasteiger partial charge in [-0.1, -0.05) is 0 Å². The number of hydrogen-bond donors (Lipinski definition) is 0. The summed E-state index contributed by atoms with van der Waals surface area (Å²) < 4.78 is 16.6. The van der Waals surface area contributed by atoms with E-state index in [9.17, 15) is 4.79 Å². The molecule has 1 amide bonds. The molecule has 4 heterocycles. The van der Waals surface area contributed by atoms with Crippen LogP contribution in [0.2, 0.25) is 0 Å². The molecule has 3 atom stereocenters. The fourth-order valence-electron chi connectivity index (χ4n) is 4.29. The summed E-state index contributed by atoms with van der Waals surface area (Å²) in [4.78, 5) is 17.4. The van der Waals surface area contributed by atoms with E-state index in [1.807, 2.05) is 11.0 Å². The largest absolute Gasteiger partial charge is 0.472 e. The van der Waals surface area contributed by atoms with Crippen molar-refractivity contribution in [2.75, 3.05) is 46.0 Å². The molecule has 24 heavy (non-hydrogen) atoms. The van der Waals surface area contributed by atoms with Gasteiger partial charge in [0.1, 0.15) is 0 Å². The molecule has 0 aromatic carbocycles. The van der Waals surface area contributed by atoms with Crippen LogP contribution < -0.4 is 0 Å². The van der Waals surface area contributed by atoms with Crippen molar-refractivity contribution >= 4 is 5.91 Å². The summed E-state index contributed by atoms with van der Waals surface area (Å²) in [6.07, 6.45) is 5.61. The number of likely N-dealkylation sites (tertiary alicyclic amines) is 1. The van der Waals surface area contributed by atoms with Gasteiger partial charge in [-0.25, -0.2) is 0 Å². The molecule has 0 unspecified atom stereocenters. The van der Waals surface area contributed by atoms with Gasteiger partial charge >= 0.3 is 0 Å². The number of hydrogen-bond acceptors (Lipinski definition) is 5.